The normalized spacial score (nSPS) is 19.9. The van der Waals surface area contributed by atoms with Crippen LogP contribution in [0.15, 0.2) is 24.3 Å². The number of ether oxygens (including phenoxy) is 2. The average Bonchev–Trinajstić information content (AvgIpc) is 2.66. The highest BCUT2D eigenvalue weighted by molar-refractivity contribution is 5.81. The van der Waals surface area contributed by atoms with Crippen molar-refractivity contribution < 1.29 is 19.1 Å². The first kappa shape index (κ1) is 19.2. The largest absolute Gasteiger partial charge is 0.496 e. The van der Waals surface area contributed by atoms with E-state index in [1.807, 2.05) is 24.3 Å². The van der Waals surface area contributed by atoms with E-state index in [2.05, 4.69) is 10.6 Å². The van der Waals surface area contributed by atoms with E-state index in [9.17, 15) is 9.59 Å². The number of hydrogen-bond donors (Lipinski definition) is 2. The zero-order chi connectivity index (χ0) is 18.1. The number of carbonyl (C=O) groups excluding carboxylic acids is 2. The van der Waals surface area contributed by atoms with E-state index in [-0.39, 0.29) is 23.7 Å². The van der Waals surface area contributed by atoms with Gasteiger partial charge in [0.2, 0.25) is 11.8 Å². The molecule has 1 aromatic rings. The first-order valence-electron chi connectivity index (χ1n) is 8.82. The maximum Gasteiger partial charge on any atom is 0.223 e. The van der Waals surface area contributed by atoms with E-state index in [1.165, 1.54) is 0 Å². The Labute approximate surface area is 149 Å². The minimum atomic E-state index is -0.0160. The van der Waals surface area contributed by atoms with Crippen LogP contribution in [0.5, 0.6) is 5.75 Å². The number of carbonyl (C=O) groups is 2. The molecule has 0 saturated heterocycles. The number of methoxy groups -OCH3 is 2. The van der Waals surface area contributed by atoms with E-state index >= 15 is 0 Å². The van der Waals surface area contributed by atoms with Crippen LogP contribution in [0.25, 0.3) is 0 Å². The number of nitrogens with one attached hydrogen (secondary N) is 2. The van der Waals surface area contributed by atoms with Crippen LogP contribution in [0.1, 0.15) is 31.2 Å². The molecule has 1 saturated carbocycles. The molecule has 0 radical (unpaired) electrons. The maximum absolute atomic E-state index is 12.4. The third kappa shape index (κ3) is 5.74. The number of hydrogen-bond acceptors (Lipinski definition) is 4. The molecule has 0 heterocycles. The second-order valence-corrected chi connectivity index (χ2v) is 6.36. The van der Waals surface area contributed by atoms with Gasteiger partial charge in [0.05, 0.1) is 13.7 Å². The average molecular weight is 348 g/mol. The van der Waals surface area contributed by atoms with Crippen molar-refractivity contribution in [3.05, 3.63) is 29.8 Å². The van der Waals surface area contributed by atoms with Crippen molar-refractivity contribution in [2.24, 2.45) is 11.8 Å². The van der Waals surface area contributed by atoms with Crippen molar-refractivity contribution in [1.82, 2.24) is 10.6 Å². The summed E-state index contributed by atoms with van der Waals surface area (Å²) in [6.07, 6.45) is 3.01. The number of amides is 2. The van der Waals surface area contributed by atoms with Crippen LogP contribution in [-0.4, -0.2) is 39.2 Å². The Kier molecular flexibility index (Phi) is 7.73. The molecule has 0 atom stereocenters. The third-order valence-corrected chi connectivity index (χ3v) is 4.72. The third-order valence-electron chi connectivity index (χ3n) is 4.72. The van der Waals surface area contributed by atoms with E-state index in [4.69, 9.17) is 9.47 Å². The van der Waals surface area contributed by atoms with Crippen LogP contribution < -0.4 is 15.4 Å². The summed E-state index contributed by atoms with van der Waals surface area (Å²) in [7, 11) is 3.24. The molecule has 1 aromatic carbocycles. The molecule has 1 aliphatic carbocycles. The van der Waals surface area contributed by atoms with Crippen molar-refractivity contribution in [2.45, 2.75) is 32.2 Å². The van der Waals surface area contributed by atoms with E-state index in [1.54, 1.807) is 14.2 Å². The number of para-hydroxylation sites is 1. The lowest BCUT2D eigenvalue weighted by Gasteiger charge is -2.27. The monoisotopic (exact) mass is 348 g/mol. The molecule has 138 valence electrons. The summed E-state index contributed by atoms with van der Waals surface area (Å²) in [6, 6.07) is 7.66. The second kappa shape index (κ2) is 10.0. The van der Waals surface area contributed by atoms with Crippen LogP contribution in [-0.2, 0) is 20.9 Å². The zero-order valence-electron chi connectivity index (χ0n) is 15.0. The fraction of sp³-hybridized carbons (Fsp3) is 0.579. The van der Waals surface area contributed by atoms with Crippen molar-refractivity contribution >= 4 is 11.8 Å². The predicted octanol–water partition coefficient (Wildman–Crippen LogP) is 1.88. The van der Waals surface area contributed by atoms with Crippen LogP contribution in [0.4, 0.5) is 0 Å². The van der Waals surface area contributed by atoms with Gasteiger partial charge in [-0.15, -0.1) is 0 Å². The predicted molar refractivity (Wildman–Crippen MR) is 95.2 cm³/mol. The van der Waals surface area contributed by atoms with E-state index in [0.717, 1.165) is 37.0 Å². The summed E-state index contributed by atoms with van der Waals surface area (Å²) in [6.45, 7) is 1.52. The number of benzene rings is 1. The lowest BCUT2D eigenvalue weighted by Crippen LogP contribution is -2.38. The van der Waals surface area contributed by atoms with Gasteiger partial charge >= 0.3 is 0 Å². The summed E-state index contributed by atoms with van der Waals surface area (Å²) < 4.78 is 10.2. The molecule has 1 aliphatic rings. The summed E-state index contributed by atoms with van der Waals surface area (Å²) >= 11 is 0. The Bertz CT molecular complexity index is 568. The van der Waals surface area contributed by atoms with Gasteiger partial charge in [0.25, 0.3) is 0 Å². The lowest BCUT2D eigenvalue weighted by molar-refractivity contribution is -0.130. The molecule has 6 nitrogen and oxygen atoms in total. The van der Waals surface area contributed by atoms with Crippen LogP contribution in [0.3, 0.4) is 0 Å². The van der Waals surface area contributed by atoms with Crippen LogP contribution in [0, 0.1) is 11.8 Å². The van der Waals surface area contributed by atoms with E-state index in [0.29, 0.717) is 19.7 Å². The van der Waals surface area contributed by atoms with Crippen LogP contribution >= 0.6 is 0 Å². The van der Waals surface area contributed by atoms with Gasteiger partial charge in [-0.25, -0.2) is 0 Å². The quantitative estimate of drug-likeness (QED) is 0.703. The Morgan fingerprint density at radius 1 is 1.00 bits per heavy atom. The maximum atomic E-state index is 12.4. The minimum Gasteiger partial charge on any atom is -0.496 e. The first-order valence-corrected chi connectivity index (χ1v) is 8.82. The highest BCUT2D eigenvalue weighted by atomic mass is 16.5. The van der Waals surface area contributed by atoms with Gasteiger partial charge in [-0.05, 0) is 31.7 Å². The molecule has 0 aliphatic heterocycles. The van der Waals surface area contributed by atoms with E-state index < -0.39 is 0 Å². The Balaban J connectivity index is 1.74. The molecule has 0 aromatic heterocycles. The standard InChI is InChI=1S/C19H28N2O4/c1-24-12-11-20-18(22)14-7-9-15(10-8-14)19(23)21-13-16-5-3-4-6-17(16)25-2/h3-6,14-15H,7-13H2,1-2H3,(H,20,22)(H,21,23). The van der Waals surface area contributed by atoms with Gasteiger partial charge in [-0.2, -0.15) is 0 Å². The van der Waals surface area contributed by atoms with Gasteiger partial charge in [-0.3, -0.25) is 9.59 Å². The molecule has 25 heavy (non-hydrogen) atoms. The molecule has 2 N–H and O–H groups in total. The molecule has 1 fully saturated rings. The van der Waals surface area contributed by atoms with Gasteiger partial charge in [0, 0.05) is 37.6 Å². The summed E-state index contributed by atoms with van der Waals surface area (Å²) in [5.41, 5.74) is 0.963. The molecule has 0 spiro atoms. The van der Waals surface area contributed by atoms with Crippen molar-refractivity contribution in [3.63, 3.8) is 0 Å². The second-order valence-electron chi connectivity index (χ2n) is 6.36. The SMILES string of the molecule is COCCNC(=O)C1CCC(C(=O)NCc2ccccc2OC)CC1. The summed E-state index contributed by atoms with van der Waals surface area (Å²) in [5, 5.41) is 5.87. The molecule has 6 heteroatoms. The topological polar surface area (TPSA) is 76.7 Å². The van der Waals surface area contributed by atoms with Crippen molar-refractivity contribution in [2.75, 3.05) is 27.4 Å². The fourth-order valence-corrected chi connectivity index (χ4v) is 3.21. The van der Waals surface area contributed by atoms with Crippen molar-refractivity contribution in [3.8, 4) is 5.75 Å². The molecular formula is C19H28N2O4. The molecule has 0 unspecified atom stereocenters. The lowest BCUT2D eigenvalue weighted by atomic mass is 9.81. The Hall–Kier alpha value is -2.08. The smallest absolute Gasteiger partial charge is 0.223 e. The van der Waals surface area contributed by atoms with Gasteiger partial charge < -0.3 is 20.1 Å². The molecule has 2 rings (SSSR count). The zero-order valence-corrected chi connectivity index (χ0v) is 15.0. The van der Waals surface area contributed by atoms with Gasteiger partial charge in [0.1, 0.15) is 5.75 Å². The summed E-state index contributed by atoms with van der Waals surface area (Å²) in [4.78, 5) is 24.4. The minimum absolute atomic E-state index is 0.00937. The van der Waals surface area contributed by atoms with Gasteiger partial charge in [-0.1, -0.05) is 18.2 Å². The highest BCUT2D eigenvalue weighted by Gasteiger charge is 2.29. The highest BCUT2D eigenvalue weighted by Crippen LogP contribution is 2.29. The molecular weight excluding hydrogens is 320 g/mol. The molecule has 2 amide bonds. The fourth-order valence-electron chi connectivity index (χ4n) is 3.21. The number of rotatable bonds is 8. The summed E-state index contributed by atoms with van der Waals surface area (Å²) in [5.74, 6) is 0.904. The molecule has 0 bridgehead atoms. The first-order chi connectivity index (χ1) is 12.2. The van der Waals surface area contributed by atoms with Crippen LogP contribution in [0.2, 0.25) is 0 Å². The van der Waals surface area contributed by atoms with Crippen molar-refractivity contribution in [1.29, 1.82) is 0 Å². The van der Waals surface area contributed by atoms with Gasteiger partial charge in [0.15, 0.2) is 0 Å². The Morgan fingerprint density at radius 3 is 2.20 bits per heavy atom. The Morgan fingerprint density at radius 2 is 1.60 bits per heavy atom.